The van der Waals surface area contributed by atoms with Crippen molar-refractivity contribution in [2.24, 2.45) is 0 Å². The summed E-state index contributed by atoms with van der Waals surface area (Å²) >= 11 is 0. The van der Waals surface area contributed by atoms with E-state index in [-0.39, 0.29) is 12.6 Å². The number of aliphatic hydroxyl groups excluding tert-OH is 1. The SMILES string of the molecule is CC/C=C\C/C=C\C/C=C\C/C=C\CCCCCCCCCCCOCC(CO)OC(=O)CCCCCCCCCCCCC/C=C\CCCCCCCCCC. The number of unbranched alkanes of at least 4 members (excludes halogenated alkanes) is 28. The van der Waals surface area contributed by atoms with Gasteiger partial charge in [-0.15, -0.1) is 0 Å². The fourth-order valence-electron chi connectivity index (χ4n) is 7.14. The molecule has 0 saturated carbocycles. The molecule has 0 aliphatic heterocycles. The highest BCUT2D eigenvalue weighted by atomic mass is 16.6. The van der Waals surface area contributed by atoms with E-state index in [9.17, 15) is 9.90 Å². The summed E-state index contributed by atoms with van der Waals surface area (Å²) < 4.78 is 11.2. The number of allylic oxidation sites excluding steroid dienone is 10. The molecule has 0 amide bonds. The summed E-state index contributed by atoms with van der Waals surface area (Å²) in [5.41, 5.74) is 0. The molecule has 0 rings (SSSR count). The Balaban J connectivity index is 3.42. The first kappa shape index (κ1) is 55.1. The zero-order chi connectivity index (χ0) is 41.2. The predicted octanol–water partition coefficient (Wildman–Crippen LogP) is 16.8. The minimum absolute atomic E-state index is 0.175. The van der Waals surface area contributed by atoms with Gasteiger partial charge in [0.1, 0.15) is 6.10 Å². The molecule has 0 aliphatic rings. The van der Waals surface area contributed by atoms with E-state index >= 15 is 0 Å². The highest BCUT2D eigenvalue weighted by molar-refractivity contribution is 5.69. The van der Waals surface area contributed by atoms with Crippen LogP contribution >= 0.6 is 0 Å². The number of aliphatic hydroxyl groups is 1. The normalized spacial score (nSPS) is 12.8. The minimum atomic E-state index is -0.540. The molecule has 0 fully saturated rings. The first-order valence-electron chi connectivity index (χ1n) is 24.9. The van der Waals surface area contributed by atoms with Gasteiger partial charge >= 0.3 is 5.97 Å². The minimum Gasteiger partial charge on any atom is -0.457 e. The van der Waals surface area contributed by atoms with Gasteiger partial charge in [-0.3, -0.25) is 4.79 Å². The van der Waals surface area contributed by atoms with Crippen LogP contribution in [0.2, 0.25) is 0 Å². The zero-order valence-corrected chi connectivity index (χ0v) is 38.1. The van der Waals surface area contributed by atoms with E-state index in [4.69, 9.17) is 9.47 Å². The van der Waals surface area contributed by atoms with Crippen LogP contribution < -0.4 is 0 Å². The van der Waals surface area contributed by atoms with E-state index < -0.39 is 6.10 Å². The maximum Gasteiger partial charge on any atom is 0.306 e. The van der Waals surface area contributed by atoms with E-state index in [1.54, 1.807) is 0 Å². The van der Waals surface area contributed by atoms with Crippen molar-refractivity contribution in [2.45, 2.75) is 251 Å². The molecule has 0 aliphatic carbocycles. The monoisotopic (exact) mass is 797 g/mol. The number of carbonyl (C=O) groups is 1. The van der Waals surface area contributed by atoms with Gasteiger partial charge in [0.15, 0.2) is 0 Å². The van der Waals surface area contributed by atoms with Crippen LogP contribution in [0.15, 0.2) is 60.8 Å². The maximum atomic E-state index is 12.3. The van der Waals surface area contributed by atoms with Crippen LogP contribution in [0.1, 0.15) is 245 Å². The molecule has 0 heterocycles. The zero-order valence-electron chi connectivity index (χ0n) is 38.1. The van der Waals surface area contributed by atoms with Crippen molar-refractivity contribution in [1.82, 2.24) is 0 Å². The van der Waals surface area contributed by atoms with Crippen LogP contribution in [-0.2, 0) is 14.3 Å². The average Bonchev–Trinajstić information content (AvgIpc) is 3.22. The van der Waals surface area contributed by atoms with Gasteiger partial charge in [-0.2, -0.15) is 0 Å². The van der Waals surface area contributed by atoms with E-state index in [1.807, 2.05) is 0 Å². The van der Waals surface area contributed by atoms with Crippen LogP contribution in [0.25, 0.3) is 0 Å². The molecule has 0 aromatic rings. The lowest BCUT2D eigenvalue weighted by Gasteiger charge is -2.16. The molecular formula is C53H96O4. The van der Waals surface area contributed by atoms with Gasteiger partial charge in [0.25, 0.3) is 0 Å². The Morgan fingerprint density at radius 3 is 1.21 bits per heavy atom. The molecule has 0 radical (unpaired) electrons. The van der Waals surface area contributed by atoms with Crippen LogP contribution in [0, 0.1) is 0 Å². The smallest absolute Gasteiger partial charge is 0.306 e. The van der Waals surface area contributed by atoms with E-state index in [0.717, 1.165) is 44.9 Å². The summed E-state index contributed by atoms with van der Waals surface area (Å²) in [4.78, 5) is 12.3. The fraction of sp³-hybridized carbons (Fsp3) is 0.792. The standard InChI is InChI=1S/C53H96O4/c1-3-5-7-9-11-13-15-17-19-21-23-25-27-28-30-32-34-36-38-40-42-44-46-48-53(55)57-52(50-54)51-56-49-47-45-43-41-39-37-35-33-31-29-26-24-22-20-18-16-14-12-10-8-6-4-2/h6,8,12,14,18,20-21,23-24,26,52,54H,3-5,7,9-11,13,15-17,19,22,25,27-51H2,1-2H3/b8-6-,14-12-,20-18-,23-21-,26-24-. The summed E-state index contributed by atoms with van der Waals surface area (Å²) in [6.07, 6.45) is 67.3. The molecule has 1 atom stereocenters. The Bertz CT molecular complexity index is 931. The van der Waals surface area contributed by atoms with Crippen molar-refractivity contribution in [3.63, 3.8) is 0 Å². The molecule has 57 heavy (non-hydrogen) atoms. The third kappa shape index (κ3) is 48.4. The van der Waals surface area contributed by atoms with Gasteiger partial charge < -0.3 is 14.6 Å². The molecule has 0 bridgehead atoms. The summed E-state index contributed by atoms with van der Waals surface area (Å²) in [6, 6.07) is 0. The van der Waals surface area contributed by atoms with Gasteiger partial charge in [-0.25, -0.2) is 0 Å². The second-order valence-corrected chi connectivity index (χ2v) is 16.5. The van der Waals surface area contributed by atoms with Crippen LogP contribution in [0.4, 0.5) is 0 Å². The average molecular weight is 797 g/mol. The van der Waals surface area contributed by atoms with Crippen molar-refractivity contribution < 1.29 is 19.4 Å². The first-order chi connectivity index (χ1) is 28.2. The Labute approximate surface area is 355 Å². The highest BCUT2D eigenvalue weighted by Crippen LogP contribution is 2.15. The fourth-order valence-corrected chi connectivity index (χ4v) is 7.14. The number of hydrogen-bond acceptors (Lipinski definition) is 4. The second kappa shape index (κ2) is 50.2. The van der Waals surface area contributed by atoms with Crippen LogP contribution in [0.3, 0.4) is 0 Å². The summed E-state index contributed by atoms with van der Waals surface area (Å²) in [5, 5.41) is 9.65. The third-order valence-electron chi connectivity index (χ3n) is 10.8. The van der Waals surface area contributed by atoms with E-state index in [0.29, 0.717) is 19.6 Å². The van der Waals surface area contributed by atoms with E-state index in [1.165, 1.54) is 180 Å². The molecule has 1 unspecified atom stereocenters. The largest absolute Gasteiger partial charge is 0.457 e. The van der Waals surface area contributed by atoms with Crippen molar-refractivity contribution in [3.8, 4) is 0 Å². The quantitative estimate of drug-likeness (QED) is 0.0379. The van der Waals surface area contributed by atoms with Gasteiger partial charge in [0.05, 0.1) is 13.2 Å². The first-order valence-corrected chi connectivity index (χ1v) is 24.9. The van der Waals surface area contributed by atoms with Gasteiger partial charge in [0.2, 0.25) is 0 Å². The molecule has 0 aromatic heterocycles. The lowest BCUT2D eigenvalue weighted by atomic mass is 10.0. The molecule has 1 N–H and O–H groups in total. The molecular weight excluding hydrogens is 701 g/mol. The molecule has 0 aromatic carbocycles. The van der Waals surface area contributed by atoms with Crippen molar-refractivity contribution in [2.75, 3.05) is 19.8 Å². The second-order valence-electron chi connectivity index (χ2n) is 16.5. The lowest BCUT2D eigenvalue weighted by molar-refractivity contribution is -0.154. The van der Waals surface area contributed by atoms with Crippen molar-refractivity contribution in [1.29, 1.82) is 0 Å². The Morgan fingerprint density at radius 2 is 0.789 bits per heavy atom. The van der Waals surface area contributed by atoms with E-state index in [2.05, 4.69) is 74.6 Å². The van der Waals surface area contributed by atoms with Crippen LogP contribution in [-0.4, -0.2) is 37.0 Å². The number of rotatable bonds is 46. The third-order valence-corrected chi connectivity index (χ3v) is 10.8. The number of esters is 1. The molecule has 0 saturated heterocycles. The van der Waals surface area contributed by atoms with Gasteiger partial charge in [-0.1, -0.05) is 222 Å². The van der Waals surface area contributed by atoms with Gasteiger partial charge in [-0.05, 0) is 77.0 Å². The molecule has 4 nitrogen and oxygen atoms in total. The van der Waals surface area contributed by atoms with Crippen molar-refractivity contribution in [3.05, 3.63) is 60.8 Å². The van der Waals surface area contributed by atoms with Gasteiger partial charge in [0, 0.05) is 13.0 Å². The maximum absolute atomic E-state index is 12.3. The summed E-state index contributed by atoms with van der Waals surface area (Å²) in [5.74, 6) is -0.202. The number of ether oxygens (including phenoxy) is 2. The molecule has 332 valence electrons. The Hall–Kier alpha value is -1.91. The Kier molecular flexibility index (Phi) is 48.6. The molecule has 0 spiro atoms. The number of hydrogen-bond donors (Lipinski definition) is 1. The number of carbonyl (C=O) groups excluding carboxylic acids is 1. The highest BCUT2D eigenvalue weighted by Gasteiger charge is 2.13. The topological polar surface area (TPSA) is 55.8 Å². The summed E-state index contributed by atoms with van der Waals surface area (Å²) in [7, 11) is 0. The van der Waals surface area contributed by atoms with Crippen molar-refractivity contribution >= 4 is 5.97 Å². The summed E-state index contributed by atoms with van der Waals surface area (Å²) in [6.45, 7) is 5.24. The molecule has 4 heteroatoms. The predicted molar refractivity (Wildman–Crippen MR) is 251 cm³/mol. The van der Waals surface area contributed by atoms with Crippen LogP contribution in [0.5, 0.6) is 0 Å². The Morgan fingerprint density at radius 1 is 0.439 bits per heavy atom. The lowest BCUT2D eigenvalue weighted by Crippen LogP contribution is -2.27.